The van der Waals surface area contributed by atoms with E-state index in [9.17, 15) is 27.6 Å². The summed E-state index contributed by atoms with van der Waals surface area (Å²) in [7, 11) is 1.42. The third-order valence-electron chi connectivity index (χ3n) is 8.33. The van der Waals surface area contributed by atoms with Crippen molar-refractivity contribution in [1.82, 2.24) is 24.6 Å². The number of fused-ring (bicyclic) bond motifs is 1. The third-order valence-corrected chi connectivity index (χ3v) is 8.63. The molecule has 2 aromatic heterocycles. The number of alkyl halides is 3. The van der Waals surface area contributed by atoms with Gasteiger partial charge in [0, 0.05) is 67.6 Å². The van der Waals surface area contributed by atoms with Crippen molar-refractivity contribution in [2.45, 2.75) is 19.5 Å². The van der Waals surface area contributed by atoms with Gasteiger partial charge in [0.1, 0.15) is 29.4 Å². The van der Waals surface area contributed by atoms with Gasteiger partial charge in [-0.2, -0.15) is 18.3 Å². The van der Waals surface area contributed by atoms with Crippen molar-refractivity contribution in [3.63, 3.8) is 0 Å². The van der Waals surface area contributed by atoms with Crippen molar-refractivity contribution in [2.24, 2.45) is 0 Å². The number of nitrogens with one attached hydrogen (secondary N) is 2. The quantitative estimate of drug-likeness (QED) is 0.149. The number of hydrogen-bond acceptors (Lipinski definition) is 9. The molecule has 0 atom stereocenters. The molecule has 1 aliphatic rings. The molecule has 5 aromatic rings. The minimum Gasteiger partial charge on any atom is -0.497 e. The van der Waals surface area contributed by atoms with E-state index in [0.29, 0.717) is 53.3 Å². The Labute approximate surface area is 306 Å². The van der Waals surface area contributed by atoms with Crippen LogP contribution in [0.25, 0.3) is 16.6 Å². The molecule has 274 valence electrons. The van der Waals surface area contributed by atoms with E-state index in [1.54, 1.807) is 24.0 Å². The van der Waals surface area contributed by atoms with E-state index >= 15 is 0 Å². The predicted molar refractivity (Wildman–Crippen MR) is 192 cm³/mol. The number of methoxy groups -OCH3 is 1. The molecule has 13 nitrogen and oxygen atoms in total. The summed E-state index contributed by atoms with van der Waals surface area (Å²) < 4.78 is 55.0. The molecule has 1 saturated heterocycles. The molecule has 0 bridgehead atoms. The zero-order valence-electron chi connectivity index (χ0n) is 28.4. The largest absolute Gasteiger partial charge is 0.497 e. The number of carbonyl (C=O) groups excluding carboxylic acids is 3. The Morgan fingerprint density at radius 3 is 2.30 bits per heavy atom. The van der Waals surface area contributed by atoms with Gasteiger partial charge >= 0.3 is 6.18 Å². The summed E-state index contributed by atoms with van der Waals surface area (Å²) in [5, 5.41) is 9.84. The maximum Gasteiger partial charge on any atom is 0.434 e. The lowest BCUT2D eigenvalue weighted by atomic mass is 10.2. The monoisotopic (exact) mass is 748 g/mol. The van der Waals surface area contributed by atoms with E-state index in [1.165, 1.54) is 62.0 Å². The number of benzene rings is 3. The zero-order valence-corrected chi connectivity index (χ0v) is 29.2. The molecule has 3 amide bonds. The van der Waals surface area contributed by atoms with Crippen LogP contribution in [-0.4, -0.2) is 75.7 Å². The fraction of sp³-hybridized carbons (Fsp3) is 0.222. The van der Waals surface area contributed by atoms with Crippen molar-refractivity contribution >= 4 is 57.4 Å². The fourth-order valence-electron chi connectivity index (χ4n) is 5.73. The van der Waals surface area contributed by atoms with Crippen LogP contribution in [0, 0.1) is 0 Å². The molecule has 1 aliphatic heterocycles. The van der Waals surface area contributed by atoms with Crippen LogP contribution in [0.3, 0.4) is 0 Å². The van der Waals surface area contributed by atoms with E-state index in [4.69, 9.17) is 21.1 Å². The van der Waals surface area contributed by atoms with Crippen LogP contribution in [0.1, 0.15) is 29.4 Å². The van der Waals surface area contributed by atoms with Gasteiger partial charge in [-0.15, -0.1) is 0 Å². The van der Waals surface area contributed by atoms with Gasteiger partial charge in [-0.1, -0.05) is 25.1 Å². The molecule has 53 heavy (non-hydrogen) atoms. The van der Waals surface area contributed by atoms with E-state index in [-0.39, 0.29) is 51.8 Å². The Kier molecular flexibility index (Phi) is 10.5. The Hall–Kier alpha value is -6.16. The van der Waals surface area contributed by atoms with Gasteiger partial charge in [0.2, 0.25) is 11.8 Å². The number of nitrogens with zero attached hydrogens (tertiary/aromatic N) is 6. The van der Waals surface area contributed by atoms with Crippen LogP contribution >= 0.6 is 11.6 Å². The van der Waals surface area contributed by atoms with Crippen LogP contribution < -0.4 is 25.0 Å². The lowest BCUT2D eigenvalue weighted by molar-refractivity contribution is -0.143. The highest BCUT2D eigenvalue weighted by Crippen LogP contribution is 2.38. The number of rotatable bonds is 10. The maximum atomic E-state index is 14.4. The molecule has 0 aliphatic carbocycles. The maximum absolute atomic E-state index is 14.4. The second-order valence-corrected chi connectivity index (χ2v) is 12.1. The highest BCUT2D eigenvalue weighted by molar-refractivity contribution is 6.33. The number of halogens is 4. The van der Waals surface area contributed by atoms with E-state index in [2.05, 4.69) is 32.3 Å². The molecule has 2 N–H and O–H groups in total. The minimum absolute atomic E-state index is 0.0137. The first-order chi connectivity index (χ1) is 25.4. The second kappa shape index (κ2) is 15.2. The Morgan fingerprint density at radius 1 is 0.962 bits per heavy atom. The van der Waals surface area contributed by atoms with Gasteiger partial charge < -0.3 is 29.9 Å². The Morgan fingerprint density at radius 2 is 1.66 bits per heavy atom. The molecule has 17 heteroatoms. The molecular formula is C36H32ClF3N8O5. The number of hydrogen-bond donors (Lipinski definition) is 2. The summed E-state index contributed by atoms with van der Waals surface area (Å²) in [4.78, 5) is 50.4. The van der Waals surface area contributed by atoms with Crippen molar-refractivity contribution < 1.29 is 37.0 Å². The number of piperazine rings is 1. The van der Waals surface area contributed by atoms with Crippen molar-refractivity contribution in [2.75, 3.05) is 48.8 Å². The van der Waals surface area contributed by atoms with Gasteiger partial charge in [0.15, 0.2) is 5.69 Å². The summed E-state index contributed by atoms with van der Waals surface area (Å²) >= 11 is 6.70. The summed E-state index contributed by atoms with van der Waals surface area (Å²) in [5.41, 5.74) is -1.25. The highest BCUT2D eigenvalue weighted by Gasteiger charge is 2.40. The standard InChI is InChI=1S/C36H32ClF3N8O5/c1-4-31(49)44-21-14-22(45-35(51)27-19-43-48(33(27)36(38,39)40)23-6-8-24(52-3)9-7-23)16-25(15-21)53-30-18-29-26(17-28(30)37)34(42-20-41-29)47-12-10-46(11-13-47)32(50)5-2/h5-9,14-20H,2,4,10-13H2,1,3H3,(H,44,49)(H,45,51). The first-order valence-corrected chi connectivity index (χ1v) is 16.6. The summed E-state index contributed by atoms with van der Waals surface area (Å²) in [6.45, 7) is 7.21. The molecule has 0 unspecified atom stereocenters. The number of carbonyl (C=O) groups is 3. The second-order valence-electron chi connectivity index (χ2n) is 11.7. The SMILES string of the molecule is C=CC(=O)N1CCN(c2ncnc3cc(Oc4cc(NC(=O)CC)cc(NC(=O)c5cnn(-c6ccc(OC)cc6)c5C(F)(F)F)c4)c(Cl)cc23)CC1. The lowest BCUT2D eigenvalue weighted by Gasteiger charge is -2.35. The zero-order chi connectivity index (χ0) is 37.9. The average Bonchev–Trinajstić information content (AvgIpc) is 3.61. The number of aromatic nitrogens is 4. The number of amides is 3. The van der Waals surface area contributed by atoms with Crippen LogP contribution in [-0.2, 0) is 15.8 Å². The normalized spacial score (nSPS) is 13.1. The highest BCUT2D eigenvalue weighted by atomic mass is 35.5. The van der Waals surface area contributed by atoms with Gasteiger partial charge in [-0.05, 0) is 42.5 Å². The molecule has 3 aromatic carbocycles. The molecular weight excluding hydrogens is 717 g/mol. The van der Waals surface area contributed by atoms with Crippen molar-refractivity contribution in [1.29, 1.82) is 0 Å². The number of anilines is 3. The molecule has 6 rings (SSSR count). The molecule has 0 spiro atoms. The fourth-order valence-corrected chi connectivity index (χ4v) is 5.93. The average molecular weight is 749 g/mol. The van der Waals surface area contributed by atoms with E-state index in [0.717, 1.165) is 6.20 Å². The molecule has 0 saturated carbocycles. The third kappa shape index (κ3) is 8.02. The summed E-state index contributed by atoms with van der Waals surface area (Å²) in [6.07, 6.45) is -1.32. The smallest absolute Gasteiger partial charge is 0.434 e. The predicted octanol–water partition coefficient (Wildman–Crippen LogP) is 6.72. The molecule has 0 radical (unpaired) electrons. The number of ether oxygens (including phenoxy) is 2. The topological polar surface area (TPSA) is 144 Å². The van der Waals surface area contributed by atoms with Crippen LogP contribution in [0.15, 0.2) is 79.8 Å². The Bertz CT molecular complexity index is 2200. The van der Waals surface area contributed by atoms with Gasteiger partial charge in [0.25, 0.3) is 5.91 Å². The first kappa shape index (κ1) is 36.6. The van der Waals surface area contributed by atoms with Gasteiger partial charge in [-0.25, -0.2) is 14.6 Å². The van der Waals surface area contributed by atoms with Crippen LogP contribution in [0.4, 0.5) is 30.4 Å². The lowest BCUT2D eigenvalue weighted by Crippen LogP contribution is -2.48. The summed E-state index contributed by atoms with van der Waals surface area (Å²) in [6, 6.07) is 13.2. The van der Waals surface area contributed by atoms with Crippen LogP contribution in [0.2, 0.25) is 5.02 Å². The van der Waals surface area contributed by atoms with Gasteiger partial charge in [0.05, 0.1) is 35.1 Å². The minimum atomic E-state index is -4.95. The van der Waals surface area contributed by atoms with Crippen molar-refractivity contribution in [3.8, 4) is 22.9 Å². The van der Waals surface area contributed by atoms with E-state index < -0.39 is 23.3 Å². The van der Waals surface area contributed by atoms with Crippen LogP contribution in [0.5, 0.6) is 17.2 Å². The van der Waals surface area contributed by atoms with E-state index in [1.807, 2.05) is 4.90 Å². The molecule has 1 fully saturated rings. The summed E-state index contributed by atoms with van der Waals surface area (Å²) in [5.74, 6) is -0.296. The first-order valence-electron chi connectivity index (χ1n) is 16.2. The van der Waals surface area contributed by atoms with Crippen molar-refractivity contribution in [3.05, 3.63) is 96.1 Å². The Balaban J connectivity index is 1.29. The van der Waals surface area contributed by atoms with Gasteiger partial charge in [-0.3, -0.25) is 14.4 Å². The molecule has 3 heterocycles.